The first kappa shape index (κ1) is 11.9. The van der Waals surface area contributed by atoms with Crippen molar-refractivity contribution in [3.63, 3.8) is 0 Å². The van der Waals surface area contributed by atoms with Crippen LogP contribution in [0.1, 0.15) is 31.2 Å². The zero-order chi connectivity index (χ0) is 11.4. The molecule has 2 rings (SSSR count). The van der Waals surface area contributed by atoms with Crippen molar-refractivity contribution in [1.82, 2.24) is 4.98 Å². The van der Waals surface area contributed by atoms with Gasteiger partial charge in [0.15, 0.2) is 0 Å². The number of halogens is 1. The molecule has 2 nitrogen and oxygen atoms in total. The number of hydrogen-bond donors (Lipinski definition) is 0. The average Bonchev–Trinajstić information content (AvgIpc) is 2.75. The third-order valence-corrected chi connectivity index (χ3v) is 3.86. The molecule has 3 heteroatoms. The summed E-state index contributed by atoms with van der Waals surface area (Å²) in [6.45, 7) is 3.33. The lowest BCUT2D eigenvalue weighted by atomic mass is 10.1. The first-order valence-electron chi connectivity index (χ1n) is 6.07. The van der Waals surface area contributed by atoms with Gasteiger partial charge >= 0.3 is 0 Å². The van der Waals surface area contributed by atoms with E-state index in [1.165, 1.54) is 43.6 Å². The van der Waals surface area contributed by atoms with Gasteiger partial charge in [0.2, 0.25) is 0 Å². The molecule has 16 heavy (non-hydrogen) atoms. The van der Waals surface area contributed by atoms with E-state index in [1.54, 1.807) is 0 Å². The van der Waals surface area contributed by atoms with Crippen molar-refractivity contribution in [3.8, 4) is 0 Å². The van der Waals surface area contributed by atoms with Crippen LogP contribution in [0, 0.1) is 6.92 Å². The summed E-state index contributed by atoms with van der Waals surface area (Å²) in [5.74, 6) is 1.19. The van der Waals surface area contributed by atoms with Crippen LogP contribution >= 0.6 is 15.9 Å². The number of aromatic nitrogens is 1. The van der Waals surface area contributed by atoms with E-state index in [-0.39, 0.29) is 0 Å². The van der Waals surface area contributed by atoms with Gasteiger partial charge in [0.05, 0.1) is 0 Å². The zero-order valence-electron chi connectivity index (χ0n) is 9.82. The van der Waals surface area contributed by atoms with E-state index >= 15 is 0 Å². The van der Waals surface area contributed by atoms with Crippen molar-refractivity contribution in [2.75, 3.05) is 16.8 Å². The van der Waals surface area contributed by atoms with Crippen LogP contribution < -0.4 is 4.90 Å². The maximum atomic E-state index is 4.53. The number of anilines is 1. The Balaban J connectivity index is 2.10. The van der Waals surface area contributed by atoms with Crippen LogP contribution in [-0.2, 0) is 0 Å². The molecule has 1 aliphatic rings. The van der Waals surface area contributed by atoms with Gasteiger partial charge in [0, 0.05) is 24.1 Å². The Morgan fingerprint density at radius 3 is 3.19 bits per heavy atom. The highest BCUT2D eigenvalue weighted by Gasteiger charge is 2.25. The second kappa shape index (κ2) is 5.67. The Morgan fingerprint density at radius 2 is 2.44 bits per heavy atom. The van der Waals surface area contributed by atoms with Gasteiger partial charge in [0.25, 0.3) is 0 Å². The fraction of sp³-hybridized carbons (Fsp3) is 0.615. The first-order valence-corrected chi connectivity index (χ1v) is 7.19. The highest BCUT2D eigenvalue weighted by molar-refractivity contribution is 9.09. The Morgan fingerprint density at radius 1 is 1.56 bits per heavy atom. The maximum absolute atomic E-state index is 4.53. The van der Waals surface area contributed by atoms with Gasteiger partial charge in [-0.3, -0.25) is 0 Å². The van der Waals surface area contributed by atoms with Gasteiger partial charge < -0.3 is 4.90 Å². The molecule has 1 aliphatic heterocycles. The first-order chi connectivity index (χ1) is 7.83. The summed E-state index contributed by atoms with van der Waals surface area (Å²) in [5, 5.41) is 1.11. The van der Waals surface area contributed by atoms with E-state index in [2.05, 4.69) is 38.8 Å². The highest BCUT2D eigenvalue weighted by atomic mass is 79.9. The fourth-order valence-corrected chi connectivity index (χ4v) is 2.83. The van der Waals surface area contributed by atoms with Gasteiger partial charge in [-0.25, -0.2) is 4.98 Å². The zero-order valence-corrected chi connectivity index (χ0v) is 11.4. The van der Waals surface area contributed by atoms with Gasteiger partial charge in [-0.05, 0) is 44.2 Å². The van der Waals surface area contributed by atoms with Crippen LogP contribution in [0.25, 0.3) is 0 Å². The molecule has 0 aliphatic carbocycles. The molecule has 0 spiro atoms. The quantitative estimate of drug-likeness (QED) is 0.786. The summed E-state index contributed by atoms with van der Waals surface area (Å²) < 4.78 is 0. The molecular formula is C13H19BrN2. The maximum Gasteiger partial charge on any atom is 0.131 e. The summed E-state index contributed by atoms with van der Waals surface area (Å²) in [4.78, 5) is 7.03. The topological polar surface area (TPSA) is 16.1 Å². The molecule has 0 radical (unpaired) electrons. The largest absolute Gasteiger partial charge is 0.353 e. The third kappa shape index (κ3) is 2.57. The summed E-state index contributed by atoms with van der Waals surface area (Å²) in [7, 11) is 0. The number of pyridine rings is 1. The minimum atomic E-state index is 0.700. The molecule has 1 aromatic heterocycles. The van der Waals surface area contributed by atoms with Crippen LogP contribution in [0.4, 0.5) is 5.82 Å². The second-order valence-electron chi connectivity index (χ2n) is 4.46. The summed E-state index contributed by atoms with van der Waals surface area (Å²) in [6.07, 6.45) is 7.07. The highest BCUT2D eigenvalue weighted by Crippen LogP contribution is 2.28. The van der Waals surface area contributed by atoms with E-state index in [1.807, 2.05) is 12.3 Å². The predicted molar refractivity (Wildman–Crippen MR) is 72.4 cm³/mol. The number of alkyl halides is 1. The number of hydrogen-bond acceptors (Lipinski definition) is 2. The van der Waals surface area contributed by atoms with Crippen LogP contribution in [0.5, 0.6) is 0 Å². The minimum absolute atomic E-state index is 0.700. The molecule has 0 aromatic carbocycles. The molecule has 1 unspecified atom stereocenters. The molecule has 1 aromatic rings. The lowest BCUT2D eigenvalue weighted by Gasteiger charge is -2.26. The molecular weight excluding hydrogens is 264 g/mol. The Kier molecular flexibility index (Phi) is 4.22. The lowest BCUT2D eigenvalue weighted by molar-refractivity contribution is 0.599. The summed E-state index contributed by atoms with van der Waals surface area (Å²) in [5.41, 5.74) is 1.30. The third-order valence-electron chi connectivity index (χ3n) is 3.30. The Bertz CT molecular complexity index is 340. The van der Waals surface area contributed by atoms with Crippen LogP contribution in [-0.4, -0.2) is 22.9 Å². The summed E-state index contributed by atoms with van der Waals surface area (Å²) in [6, 6.07) is 4.87. The van der Waals surface area contributed by atoms with Crippen LogP contribution in [0.3, 0.4) is 0 Å². The Labute approximate surface area is 106 Å². The minimum Gasteiger partial charge on any atom is -0.353 e. The van der Waals surface area contributed by atoms with Gasteiger partial charge in [0.1, 0.15) is 5.82 Å². The van der Waals surface area contributed by atoms with Gasteiger partial charge in [-0.2, -0.15) is 0 Å². The van der Waals surface area contributed by atoms with Crippen LogP contribution in [0.2, 0.25) is 0 Å². The molecule has 88 valence electrons. The van der Waals surface area contributed by atoms with E-state index in [9.17, 15) is 0 Å². The van der Waals surface area contributed by atoms with E-state index in [0.29, 0.717) is 6.04 Å². The molecule has 0 saturated carbocycles. The van der Waals surface area contributed by atoms with Gasteiger partial charge in [-0.1, -0.05) is 22.0 Å². The Hall–Kier alpha value is -0.570. The fourth-order valence-electron chi connectivity index (χ4n) is 2.51. The number of aryl methyl sites for hydroxylation is 1. The molecule has 0 N–H and O–H groups in total. The van der Waals surface area contributed by atoms with Crippen molar-refractivity contribution in [3.05, 3.63) is 23.9 Å². The van der Waals surface area contributed by atoms with Crippen molar-refractivity contribution < 1.29 is 0 Å². The van der Waals surface area contributed by atoms with E-state index < -0.39 is 0 Å². The van der Waals surface area contributed by atoms with Crippen molar-refractivity contribution in [2.45, 2.75) is 38.6 Å². The average molecular weight is 283 g/mol. The van der Waals surface area contributed by atoms with E-state index in [4.69, 9.17) is 0 Å². The molecule has 1 saturated heterocycles. The van der Waals surface area contributed by atoms with Crippen molar-refractivity contribution in [1.29, 1.82) is 0 Å². The molecule has 0 amide bonds. The molecule has 2 heterocycles. The SMILES string of the molecule is Cc1cccnc1N1CCCC1CCCBr. The molecule has 0 bridgehead atoms. The standard InChI is InChI=1S/C13H19BrN2/c1-11-5-3-9-15-13(11)16-10-4-7-12(16)6-2-8-14/h3,5,9,12H,2,4,6-8,10H2,1H3. The number of nitrogens with zero attached hydrogens (tertiary/aromatic N) is 2. The van der Waals surface area contributed by atoms with Gasteiger partial charge in [-0.15, -0.1) is 0 Å². The van der Waals surface area contributed by atoms with Crippen molar-refractivity contribution in [2.24, 2.45) is 0 Å². The lowest BCUT2D eigenvalue weighted by Crippen LogP contribution is -2.30. The van der Waals surface area contributed by atoms with E-state index in [0.717, 1.165) is 5.33 Å². The number of rotatable bonds is 4. The van der Waals surface area contributed by atoms with Crippen LogP contribution in [0.15, 0.2) is 18.3 Å². The molecule has 1 fully saturated rings. The predicted octanol–water partition coefficient (Wildman–Crippen LogP) is 3.53. The monoisotopic (exact) mass is 282 g/mol. The smallest absolute Gasteiger partial charge is 0.131 e. The molecule has 1 atom stereocenters. The van der Waals surface area contributed by atoms with Crippen molar-refractivity contribution >= 4 is 21.7 Å². The summed E-state index contributed by atoms with van der Waals surface area (Å²) >= 11 is 3.51. The second-order valence-corrected chi connectivity index (χ2v) is 5.26. The normalized spacial score (nSPS) is 20.4.